The van der Waals surface area contributed by atoms with E-state index in [1.54, 1.807) is 41.5 Å². The van der Waals surface area contributed by atoms with Gasteiger partial charge in [0.1, 0.15) is 11.8 Å². The molecule has 3 rings (SSSR count). The second kappa shape index (κ2) is 12.2. The molecule has 1 atom stereocenters. The number of amides is 1. The number of hydrogen-bond acceptors (Lipinski definition) is 8. The van der Waals surface area contributed by atoms with Crippen molar-refractivity contribution in [2.45, 2.75) is 55.2 Å². The number of methoxy groups -OCH3 is 1. The van der Waals surface area contributed by atoms with E-state index in [1.165, 1.54) is 19.2 Å². The Kier molecular flexibility index (Phi) is 9.48. The van der Waals surface area contributed by atoms with Crippen LogP contribution in [0.1, 0.15) is 32.8 Å². The van der Waals surface area contributed by atoms with Crippen LogP contribution in [0.2, 0.25) is 0 Å². The zero-order valence-electron chi connectivity index (χ0n) is 21.5. The van der Waals surface area contributed by atoms with Gasteiger partial charge in [-0.05, 0) is 69.2 Å². The zero-order valence-corrected chi connectivity index (χ0v) is 22.3. The molecule has 198 valence electrons. The standard InChI is InChI=1S/C26H37N3O6S/c1-26(2,3)35-29(24(25(27)30)13-14-28-15-17-34-18-16-28)19-20-5-9-22(10-6-20)36(31,32)23-11-7-21(33-4)8-12-23/h5-12,24H,13-19H2,1-4H3,(H2,27,30). The molecule has 1 amide bonds. The average Bonchev–Trinajstić information content (AvgIpc) is 2.84. The van der Waals surface area contributed by atoms with Crippen LogP contribution in [-0.4, -0.2) is 75.9 Å². The molecular weight excluding hydrogens is 482 g/mol. The van der Waals surface area contributed by atoms with E-state index in [0.717, 1.165) is 18.7 Å². The Morgan fingerprint density at radius 2 is 1.61 bits per heavy atom. The molecule has 2 N–H and O–H groups in total. The molecule has 0 saturated carbocycles. The third-order valence-corrected chi connectivity index (χ3v) is 7.62. The monoisotopic (exact) mass is 519 g/mol. The lowest BCUT2D eigenvalue weighted by Crippen LogP contribution is -2.49. The number of carbonyl (C=O) groups excluding carboxylic acids is 1. The number of carbonyl (C=O) groups is 1. The first-order chi connectivity index (χ1) is 17.0. The van der Waals surface area contributed by atoms with Crippen LogP contribution in [0.4, 0.5) is 0 Å². The van der Waals surface area contributed by atoms with E-state index >= 15 is 0 Å². The molecule has 0 bridgehead atoms. The molecule has 0 aromatic heterocycles. The van der Waals surface area contributed by atoms with Crippen LogP contribution in [0.15, 0.2) is 58.3 Å². The number of nitrogens with zero attached hydrogens (tertiary/aromatic N) is 2. The summed E-state index contributed by atoms with van der Waals surface area (Å²) in [4.78, 5) is 21.2. The van der Waals surface area contributed by atoms with Crippen molar-refractivity contribution in [3.63, 3.8) is 0 Å². The molecule has 1 heterocycles. The number of morpholine rings is 1. The normalized spacial score (nSPS) is 16.1. The minimum atomic E-state index is -3.68. The number of ether oxygens (including phenoxy) is 2. The van der Waals surface area contributed by atoms with Crippen LogP contribution in [0, 0.1) is 0 Å². The van der Waals surface area contributed by atoms with Crippen molar-refractivity contribution < 1.29 is 27.5 Å². The minimum absolute atomic E-state index is 0.179. The molecule has 1 fully saturated rings. The van der Waals surface area contributed by atoms with Gasteiger partial charge in [0.05, 0.1) is 42.3 Å². The van der Waals surface area contributed by atoms with Gasteiger partial charge in [-0.2, -0.15) is 5.06 Å². The summed E-state index contributed by atoms with van der Waals surface area (Å²) in [6, 6.07) is 12.2. The van der Waals surface area contributed by atoms with E-state index in [-0.39, 0.29) is 16.3 Å². The number of primary amides is 1. The van der Waals surface area contributed by atoms with Gasteiger partial charge in [-0.15, -0.1) is 0 Å². The van der Waals surface area contributed by atoms with Gasteiger partial charge in [0, 0.05) is 19.6 Å². The van der Waals surface area contributed by atoms with Gasteiger partial charge in [0.15, 0.2) is 0 Å². The highest BCUT2D eigenvalue weighted by Gasteiger charge is 2.30. The predicted octanol–water partition coefficient (Wildman–Crippen LogP) is 2.64. The third-order valence-electron chi connectivity index (χ3n) is 5.83. The third kappa shape index (κ3) is 7.75. The first kappa shape index (κ1) is 28.1. The van der Waals surface area contributed by atoms with Gasteiger partial charge in [-0.1, -0.05) is 12.1 Å². The molecule has 9 nitrogen and oxygen atoms in total. The van der Waals surface area contributed by atoms with Gasteiger partial charge in [0.25, 0.3) is 0 Å². The van der Waals surface area contributed by atoms with Crippen molar-refractivity contribution in [3.05, 3.63) is 54.1 Å². The fourth-order valence-corrected chi connectivity index (χ4v) is 5.22. The van der Waals surface area contributed by atoms with Crippen molar-refractivity contribution in [2.24, 2.45) is 5.73 Å². The Labute approximate surface area is 214 Å². The van der Waals surface area contributed by atoms with Crippen molar-refractivity contribution in [1.82, 2.24) is 9.96 Å². The SMILES string of the molecule is COc1ccc(S(=O)(=O)c2ccc(CN(OC(C)(C)C)C(CCN3CCOCC3)C(N)=O)cc2)cc1. The first-order valence-corrected chi connectivity index (χ1v) is 13.5. The molecule has 2 aromatic rings. The molecule has 0 aliphatic carbocycles. The van der Waals surface area contributed by atoms with Gasteiger partial charge in [-0.3, -0.25) is 14.5 Å². The number of hydroxylamine groups is 2. The van der Waals surface area contributed by atoms with E-state index in [1.807, 2.05) is 20.8 Å². The second-order valence-corrected chi connectivity index (χ2v) is 11.7. The molecule has 0 radical (unpaired) electrons. The maximum Gasteiger partial charge on any atom is 0.237 e. The van der Waals surface area contributed by atoms with E-state index < -0.39 is 27.4 Å². The number of nitrogens with two attached hydrogens (primary N) is 1. The summed E-state index contributed by atoms with van der Waals surface area (Å²) in [7, 11) is -2.15. The molecule has 1 saturated heterocycles. The highest BCUT2D eigenvalue weighted by atomic mass is 32.2. The van der Waals surface area contributed by atoms with Crippen molar-refractivity contribution >= 4 is 15.7 Å². The minimum Gasteiger partial charge on any atom is -0.497 e. The quantitative estimate of drug-likeness (QED) is 0.451. The highest BCUT2D eigenvalue weighted by Crippen LogP contribution is 2.25. The van der Waals surface area contributed by atoms with Crippen LogP contribution < -0.4 is 10.5 Å². The summed E-state index contributed by atoms with van der Waals surface area (Å²) >= 11 is 0. The topological polar surface area (TPSA) is 111 Å². The van der Waals surface area contributed by atoms with E-state index in [9.17, 15) is 13.2 Å². The number of sulfone groups is 1. The van der Waals surface area contributed by atoms with E-state index in [0.29, 0.717) is 31.9 Å². The Morgan fingerprint density at radius 1 is 1.06 bits per heavy atom. The van der Waals surface area contributed by atoms with Crippen LogP contribution in [0.5, 0.6) is 5.75 Å². The van der Waals surface area contributed by atoms with E-state index in [4.69, 9.17) is 20.0 Å². The second-order valence-electron chi connectivity index (χ2n) is 9.76. The zero-order chi connectivity index (χ0) is 26.3. The first-order valence-electron chi connectivity index (χ1n) is 12.0. The Morgan fingerprint density at radius 3 is 2.11 bits per heavy atom. The van der Waals surface area contributed by atoms with Gasteiger partial charge >= 0.3 is 0 Å². The van der Waals surface area contributed by atoms with Crippen LogP contribution in [0.3, 0.4) is 0 Å². The van der Waals surface area contributed by atoms with Crippen molar-refractivity contribution in [3.8, 4) is 5.75 Å². The summed E-state index contributed by atoms with van der Waals surface area (Å²) in [5.41, 5.74) is 6.05. The molecular formula is C26H37N3O6S. The summed E-state index contributed by atoms with van der Waals surface area (Å²) in [5, 5.41) is 1.62. The Bertz CT molecular complexity index is 1090. The maximum absolute atomic E-state index is 13.0. The number of rotatable bonds is 11. The summed E-state index contributed by atoms with van der Waals surface area (Å²) < 4.78 is 36.6. The average molecular weight is 520 g/mol. The van der Waals surface area contributed by atoms with E-state index in [2.05, 4.69) is 4.90 Å². The lowest BCUT2D eigenvalue weighted by Gasteiger charge is -2.36. The van der Waals surface area contributed by atoms with Crippen molar-refractivity contribution in [1.29, 1.82) is 0 Å². The summed E-state index contributed by atoms with van der Waals surface area (Å²) in [6.45, 7) is 9.67. The number of benzene rings is 2. The fourth-order valence-electron chi connectivity index (χ4n) is 3.96. The molecule has 1 unspecified atom stereocenters. The molecule has 36 heavy (non-hydrogen) atoms. The number of hydrogen-bond donors (Lipinski definition) is 1. The van der Waals surface area contributed by atoms with Gasteiger partial charge in [-0.25, -0.2) is 8.42 Å². The fraction of sp³-hybridized carbons (Fsp3) is 0.500. The highest BCUT2D eigenvalue weighted by molar-refractivity contribution is 7.91. The molecule has 2 aromatic carbocycles. The molecule has 10 heteroatoms. The van der Waals surface area contributed by atoms with Crippen LogP contribution in [-0.2, 0) is 30.8 Å². The summed E-state index contributed by atoms with van der Waals surface area (Å²) in [5.74, 6) is 0.118. The lowest BCUT2D eigenvalue weighted by molar-refractivity contribution is -0.253. The van der Waals surface area contributed by atoms with Gasteiger partial charge < -0.3 is 15.2 Å². The van der Waals surface area contributed by atoms with Gasteiger partial charge in [0.2, 0.25) is 15.7 Å². The Hall–Kier alpha value is -2.50. The molecule has 1 aliphatic heterocycles. The largest absolute Gasteiger partial charge is 0.497 e. The Balaban J connectivity index is 1.77. The lowest BCUT2D eigenvalue weighted by atomic mass is 10.1. The predicted molar refractivity (Wildman–Crippen MR) is 136 cm³/mol. The van der Waals surface area contributed by atoms with Crippen molar-refractivity contribution in [2.75, 3.05) is 40.0 Å². The smallest absolute Gasteiger partial charge is 0.237 e. The molecule has 0 spiro atoms. The molecule has 1 aliphatic rings. The van der Waals surface area contributed by atoms with Crippen LogP contribution in [0.25, 0.3) is 0 Å². The van der Waals surface area contributed by atoms with Crippen LogP contribution >= 0.6 is 0 Å². The summed E-state index contributed by atoms with van der Waals surface area (Å²) in [6.07, 6.45) is 0.509. The maximum atomic E-state index is 13.0.